The number of amides is 2. The summed E-state index contributed by atoms with van der Waals surface area (Å²) in [5.74, 6) is -1.78. The van der Waals surface area contributed by atoms with Gasteiger partial charge in [0.25, 0.3) is 0 Å². The van der Waals surface area contributed by atoms with E-state index in [2.05, 4.69) is 15.8 Å². The van der Waals surface area contributed by atoms with Crippen molar-refractivity contribution in [1.82, 2.24) is 5.43 Å². The van der Waals surface area contributed by atoms with Gasteiger partial charge < -0.3 is 10.1 Å². The molecule has 30 heavy (non-hydrogen) atoms. The fourth-order valence-electron chi connectivity index (χ4n) is 2.47. The maximum atomic E-state index is 12.0. The minimum atomic E-state index is -0.886. The fourth-order valence-corrected chi connectivity index (χ4v) is 2.47. The maximum Gasteiger partial charge on any atom is 0.343 e. The highest BCUT2D eigenvalue weighted by atomic mass is 16.5. The van der Waals surface area contributed by atoms with Crippen molar-refractivity contribution in [2.45, 2.75) is 6.92 Å². The van der Waals surface area contributed by atoms with E-state index in [1.165, 1.54) is 6.21 Å². The summed E-state index contributed by atoms with van der Waals surface area (Å²) in [5.41, 5.74) is 4.67. The molecule has 150 valence electrons. The van der Waals surface area contributed by atoms with Crippen LogP contribution in [0.5, 0.6) is 5.75 Å². The van der Waals surface area contributed by atoms with Gasteiger partial charge >= 0.3 is 17.8 Å². The molecule has 0 radical (unpaired) electrons. The number of nitrogens with zero attached hydrogens (tertiary/aromatic N) is 1. The van der Waals surface area contributed by atoms with Gasteiger partial charge in [-0.2, -0.15) is 5.10 Å². The van der Waals surface area contributed by atoms with E-state index in [9.17, 15) is 14.4 Å². The molecule has 7 heteroatoms. The average molecular weight is 401 g/mol. The van der Waals surface area contributed by atoms with Crippen molar-refractivity contribution in [3.63, 3.8) is 0 Å². The van der Waals surface area contributed by atoms with Crippen molar-refractivity contribution in [2.24, 2.45) is 5.10 Å². The van der Waals surface area contributed by atoms with Gasteiger partial charge in [0, 0.05) is 5.69 Å². The van der Waals surface area contributed by atoms with E-state index in [1.807, 2.05) is 25.1 Å². The molecule has 0 aromatic heterocycles. The van der Waals surface area contributed by atoms with Gasteiger partial charge in [-0.3, -0.25) is 9.59 Å². The van der Waals surface area contributed by atoms with Crippen LogP contribution in [0.1, 0.15) is 21.5 Å². The quantitative estimate of drug-likeness (QED) is 0.225. The molecule has 0 aliphatic rings. The van der Waals surface area contributed by atoms with E-state index in [1.54, 1.807) is 60.7 Å². The summed E-state index contributed by atoms with van der Waals surface area (Å²) >= 11 is 0. The summed E-state index contributed by atoms with van der Waals surface area (Å²) in [4.78, 5) is 35.8. The molecule has 2 N–H and O–H groups in total. The molecule has 0 atom stereocenters. The summed E-state index contributed by atoms with van der Waals surface area (Å²) in [6.07, 6.45) is 1.38. The van der Waals surface area contributed by atoms with E-state index in [-0.39, 0.29) is 0 Å². The van der Waals surface area contributed by atoms with Gasteiger partial charge in [-0.1, -0.05) is 36.4 Å². The number of hydrogen-bond acceptors (Lipinski definition) is 5. The molecule has 0 saturated heterocycles. The molecular formula is C23H19N3O4. The zero-order valence-electron chi connectivity index (χ0n) is 16.2. The van der Waals surface area contributed by atoms with Crippen molar-refractivity contribution in [3.8, 4) is 5.75 Å². The summed E-state index contributed by atoms with van der Waals surface area (Å²) in [6, 6.07) is 22.3. The number of rotatable bonds is 5. The predicted molar refractivity (Wildman–Crippen MR) is 113 cm³/mol. The molecule has 0 fully saturated rings. The molecule has 0 heterocycles. The molecule has 7 nitrogen and oxygen atoms in total. The first kappa shape index (κ1) is 20.5. The minimum absolute atomic E-state index is 0.377. The van der Waals surface area contributed by atoms with Gasteiger partial charge in [0.05, 0.1) is 11.8 Å². The summed E-state index contributed by atoms with van der Waals surface area (Å²) in [6.45, 7) is 1.83. The molecule has 3 rings (SSSR count). The van der Waals surface area contributed by atoms with Crippen LogP contribution in [0.4, 0.5) is 5.69 Å². The van der Waals surface area contributed by atoms with Crippen LogP contribution in [0.2, 0.25) is 0 Å². The van der Waals surface area contributed by atoms with Gasteiger partial charge in [-0.15, -0.1) is 0 Å². The van der Waals surface area contributed by atoms with Crippen LogP contribution in [0, 0.1) is 6.92 Å². The van der Waals surface area contributed by atoms with E-state index in [4.69, 9.17) is 4.74 Å². The van der Waals surface area contributed by atoms with Crippen molar-refractivity contribution >= 4 is 29.7 Å². The Kier molecular flexibility index (Phi) is 6.68. The van der Waals surface area contributed by atoms with Crippen molar-refractivity contribution in [3.05, 3.63) is 95.6 Å². The Bertz CT molecular complexity index is 1080. The Labute approximate surface area is 173 Å². The highest BCUT2D eigenvalue weighted by Gasteiger charge is 2.13. The molecule has 0 aliphatic carbocycles. The first-order chi connectivity index (χ1) is 14.5. The van der Waals surface area contributed by atoms with Crippen LogP contribution in [0.3, 0.4) is 0 Å². The largest absolute Gasteiger partial charge is 0.423 e. The normalized spacial score (nSPS) is 10.4. The third kappa shape index (κ3) is 5.62. The Balaban J connectivity index is 1.51. The van der Waals surface area contributed by atoms with Gasteiger partial charge in [-0.25, -0.2) is 10.2 Å². The number of hydrogen-bond donors (Lipinski definition) is 2. The second-order valence-corrected chi connectivity index (χ2v) is 6.29. The molecule has 0 saturated carbocycles. The van der Waals surface area contributed by atoms with E-state index < -0.39 is 17.8 Å². The average Bonchev–Trinajstić information content (AvgIpc) is 2.77. The molecule has 3 aromatic rings. The fraction of sp³-hybridized carbons (Fsp3) is 0.0435. The highest BCUT2D eigenvalue weighted by Crippen LogP contribution is 2.14. The van der Waals surface area contributed by atoms with E-state index in [0.29, 0.717) is 22.6 Å². The summed E-state index contributed by atoms with van der Waals surface area (Å²) in [5, 5.41) is 6.30. The number of anilines is 1. The van der Waals surface area contributed by atoms with Crippen molar-refractivity contribution < 1.29 is 19.1 Å². The molecule has 0 spiro atoms. The Hall–Kier alpha value is -4.26. The molecule has 0 aliphatic heterocycles. The Morgan fingerprint density at radius 3 is 2.20 bits per heavy atom. The van der Waals surface area contributed by atoms with Crippen molar-refractivity contribution in [1.29, 1.82) is 0 Å². The van der Waals surface area contributed by atoms with E-state index >= 15 is 0 Å². The number of carbonyl (C=O) groups is 3. The predicted octanol–water partition coefficient (Wildman–Crippen LogP) is 3.30. The smallest absolute Gasteiger partial charge is 0.343 e. The molecule has 0 bridgehead atoms. The topological polar surface area (TPSA) is 96.9 Å². The number of carbonyl (C=O) groups excluding carboxylic acids is 3. The van der Waals surface area contributed by atoms with Gasteiger partial charge in [0.15, 0.2) is 0 Å². The number of ether oxygens (including phenoxy) is 1. The SMILES string of the molecule is Cc1ccccc1NC(=O)C(=O)NN=Cc1ccc(OC(=O)c2ccccc2)cc1. The molecule has 2 amide bonds. The van der Waals surface area contributed by atoms with Crippen LogP contribution in [0.15, 0.2) is 84.0 Å². The molecule has 3 aromatic carbocycles. The molecular weight excluding hydrogens is 382 g/mol. The maximum absolute atomic E-state index is 12.0. The van der Waals surface area contributed by atoms with Crippen LogP contribution < -0.4 is 15.5 Å². The summed E-state index contributed by atoms with van der Waals surface area (Å²) in [7, 11) is 0. The monoisotopic (exact) mass is 401 g/mol. The Morgan fingerprint density at radius 1 is 0.833 bits per heavy atom. The van der Waals surface area contributed by atoms with Crippen LogP contribution >= 0.6 is 0 Å². The van der Waals surface area contributed by atoms with Crippen LogP contribution in [-0.2, 0) is 9.59 Å². The number of hydrazone groups is 1. The molecule has 0 unspecified atom stereocenters. The summed E-state index contributed by atoms with van der Waals surface area (Å²) < 4.78 is 5.29. The lowest BCUT2D eigenvalue weighted by atomic mass is 10.2. The number of para-hydroxylation sites is 1. The van der Waals surface area contributed by atoms with Crippen LogP contribution in [-0.4, -0.2) is 24.0 Å². The number of nitrogens with one attached hydrogen (secondary N) is 2. The van der Waals surface area contributed by atoms with Gasteiger partial charge in [0.1, 0.15) is 5.75 Å². The first-order valence-corrected chi connectivity index (χ1v) is 9.10. The van der Waals surface area contributed by atoms with E-state index in [0.717, 1.165) is 5.56 Å². The third-order valence-corrected chi connectivity index (χ3v) is 4.08. The lowest BCUT2D eigenvalue weighted by Gasteiger charge is -2.06. The second-order valence-electron chi connectivity index (χ2n) is 6.29. The highest BCUT2D eigenvalue weighted by molar-refractivity contribution is 6.39. The van der Waals surface area contributed by atoms with Crippen molar-refractivity contribution in [2.75, 3.05) is 5.32 Å². The Morgan fingerprint density at radius 2 is 1.50 bits per heavy atom. The van der Waals surface area contributed by atoms with Gasteiger partial charge in [0.2, 0.25) is 0 Å². The zero-order chi connectivity index (χ0) is 21.3. The first-order valence-electron chi connectivity index (χ1n) is 9.10. The zero-order valence-corrected chi connectivity index (χ0v) is 16.2. The number of aryl methyl sites for hydroxylation is 1. The standard InChI is InChI=1S/C23H19N3O4/c1-16-7-5-6-10-20(16)25-21(27)22(28)26-24-15-17-11-13-19(14-12-17)30-23(29)18-8-3-2-4-9-18/h2-15H,1H3,(H,25,27)(H,26,28). The lowest BCUT2D eigenvalue weighted by Crippen LogP contribution is -2.32. The third-order valence-electron chi connectivity index (χ3n) is 4.08. The lowest BCUT2D eigenvalue weighted by molar-refractivity contribution is -0.136. The van der Waals surface area contributed by atoms with Crippen LogP contribution in [0.25, 0.3) is 0 Å². The minimum Gasteiger partial charge on any atom is -0.423 e. The number of benzene rings is 3. The number of esters is 1. The second kappa shape index (κ2) is 9.79. The van der Waals surface area contributed by atoms with Gasteiger partial charge in [-0.05, 0) is 60.5 Å².